The van der Waals surface area contributed by atoms with Gasteiger partial charge in [-0.2, -0.15) is 0 Å². The minimum Gasteiger partial charge on any atom is -0.306 e. The number of aromatic nitrogens is 1. The van der Waals surface area contributed by atoms with Crippen molar-refractivity contribution in [3.63, 3.8) is 0 Å². The van der Waals surface area contributed by atoms with E-state index in [9.17, 15) is 0 Å². The van der Waals surface area contributed by atoms with E-state index in [0.717, 1.165) is 24.8 Å². The van der Waals surface area contributed by atoms with Gasteiger partial charge in [0.25, 0.3) is 0 Å². The van der Waals surface area contributed by atoms with Crippen LogP contribution in [0.4, 0.5) is 0 Å². The molecule has 0 radical (unpaired) electrons. The lowest BCUT2D eigenvalue weighted by Crippen LogP contribution is -2.37. The minimum absolute atomic E-state index is 0.139. The normalized spacial score (nSPS) is 16.7. The molecule has 3 nitrogen and oxygen atoms in total. The van der Waals surface area contributed by atoms with E-state index in [0.29, 0.717) is 0 Å². The molecule has 0 aromatic carbocycles. The van der Waals surface area contributed by atoms with Crippen LogP contribution < -0.4 is 5.32 Å². The topological polar surface area (TPSA) is 28.2 Å². The maximum absolute atomic E-state index is 4.75. The van der Waals surface area contributed by atoms with E-state index in [2.05, 4.69) is 56.2 Å². The molecule has 2 rings (SSSR count). The third-order valence-electron chi connectivity index (χ3n) is 3.77. The summed E-state index contributed by atoms with van der Waals surface area (Å²) in [6.45, 7) is 8.35. The van der Waals surface area contributed by atoms with Gasteiger partial charge >= 0.3 is 0 Å². The van der Waals surface area contributed by atoms with Crippen molar-refractivity contribution in [3.05, 3.63) is 29.6 Å². The number of pyridine rings is 1. The summed E-state index contributed by atoms with van der Waals surface area (Å²) < 4.78 is 0. The molecule has 1 aromatic heterocycles. The van der Waals surface area contributed by atoms with Gasteiger partial charge in [-0.25, -0.2) is 0 Å². The number of nitrogens with zero attached hydrogens (tertiary/aromatic N) is 2. The molecule has 1 heterocycles. The highest BCUT2D eigenvalue weighted by molar-refractivity contribution is 5.11. The summed E-state index contributed by atoms with van der Waals surface area (Å²) in [6.07, 6.45) is 4.08. The molecule has 0 saturated heterocycles. The molecule has 0 spiro atoms. The Kier molecular flexibility index (Phi) is 4.58. The first-order chi connectivity index (χ1) is 8.94. The Labute approximate surface area is 117 Å². The van der Waals surface area contributed by atoms with Crippen LogP contribution in [-0.2, 0) is 13.1 Å². The largest absolute Gasteiger partial charge is 0.306 e. The van der Waals surface area contributed by atoms with Crippen molar-refractivity contribution in [2.24, 2.45) is 0 Å². The van der Waals surface area contributed by atoms with E-state index >= 15 is 0 Å². The lowest BCUT2D eigenvalue weighted by Gasteiger charge is -2.34. The molecule has 1 fully saturated rings. The van der Waals surface area contributed by atoms with Gasteiger partial charge in [-0.15, -0.1) is 0 Å². The van der Waals surface area contributed by atoms with E-state index in [1.807, 2.05) is 0 Å². The zero-order chi connectivity index (χ0) is 13.9. The van der Waals surface area contributed by atoms with Crippen LogP contribution in [0.3, 0.4) is 0 Å². The molecule has 1 aromatic rings. The van der Waals surface area contributed by atoms with Gasteiger partial charge in [0.1, 0.15) is 0 Å². The smallest absolute Gasteiger partial charge is 0.0547 e. The molecule has 0 bridgehead atoms. The Balaban J connectivity index is 1.90. The fourth-order valence-electron chi connectivity index (χ4n) is 2.28. The van der Waals surface area contributed by atoms with Crippen LogP contribution in [0.15, 0.2) is 18.2 Å². The first kappa shape index (κ1) is 14.5. The maximum Gasteiger partial charge on any atom is 0.0547 e. The van der Waals surface area contributed by atoms with E-state index in [1.54, 1.807) is 0 Å². The second-order valence-electron chi connectivity index (χ2n) is 6.72. The molecule has 0 aliphatic heterocycles. The van der Waals surface area contributed by atoms with E-state index in [-0.39, 0.29) is 5.54 Å². The lowest BCUT2D eigenvalue weighted by molar-refractivity contribution is 0.151. The van der Waals surface area contributed by atoms with E-state index in [1.165, 1.54) is 25.0 Å². The molecule has 1 saturated carbocycles. The summed E-state index contributed by atoms with van der Waals surface area (Å²) in [7, 11) is 2.21. The Morgan fingerprint density at radius 3 is 2.53 bits per heavy atom. The zero-order valence-corrected chi connectivity index (χ0v) is 12.7. The van der Waals surface area contributed by atoms with Gasteiger partial charge in [-0.3, -0.25) is 9.88 Å². The molecule has 1 aliphatic rings. The fraction of sp³-hybridized carbons (Fsp3) is 0.688. The predicted molar refractivity (Wildman–Crippen MR) is 79.9 cm³/mol. The molecule has 3 heteroatoms. The van der Waals surface area contributed by atoms with Crippen molar-refractivity contribution >= 4 is 0 Å². The Morgan fingerprint density at radius 2 is 1.95 bits per heavy atom. The Hall–Kier alpha value is -0.930. The number of rotatable bonds is 5. The van der Waals surface area contributed by atoms with Gasteiger partial charge in [0.15, 0.2) is 0 Å². The van der Waals surface area contributed by atoms with E-state index < -0.39 is 0 Å². The predicted octanol–water partition coefficient (Wildman–Crippen LogP) is 2.95. The number of hydrogen-bond donors (Lipinski definition) is 1. The maximum atomic E-state index is 4.75. The minimum atomic E-state index is 0.139. The zero-order valence-electron chi connectivity index (χ0n) is 12.7. The van der Waals surface area contributed by atoms with Crippen LogP contribution in [0.2, 0.25) is 0 Å². The summed E-state index contributed by atoms with van der Waals surface area (Å²) in [5.74, 6) is 0. The fourth-order valence-corrected chi connectivity index (χ4v) is 2.28. The molecule has 19 heavy (non-hydrogen) atoms. The summed E-state index contributed by atoms with van der Waals surface area (Å²) in [6, 6.07) is 7.14. The second kappa shape index (κ2) is 6.02. The molecule has 0 atom stereocenters. The third kappa shape index (κ3) is 4.59. The molecule has 1 N–H and O–H groups in total. The van der Waals surface area contributed by atoms with Crippen molar-refractivity contribution in [1.29, 1.82) is 0 Å². The molecular weight excluding hydrogens is 234 g/mol. The highest BCUT2D eigenvalue weighted by atomic mass is 15.1. The van der Waals surface area contributed by atoms with Gasteiger partial charge in [0.05, 0.1) is 11.4 Å². The Bertz CT molecular complexity index is 405. The highest BCUT2D eigenvalue weighted by Gasteiger charge is 2.22. The van der Waals surface area contributed by atoms with Gasteiger partial charge < -0.3 is 5.32 Å². The SMILES string of the molecule is CN(Cc1cccc(CNC(C)(C)C)n1)C1CCC1. The summed E-state index contributed by atoms with van der Waals surface area (Å²) in [4.78, 5) is 7.19. The van der Waals surface area contributed by atoms with Crippen LogP contribution in [0, 0.1) is 0 Å². The first-order valence-corrected chi connectivity index (χ1v) is 7.34. The third-order valence-corrected chi connectivity index (χ3v) is 3.77. The summed E-state index contributed by atoms with van der Waals surface area (Å²) in [5, 5.41) is 3.49. The lowest BCUT2D eigenvalue weighted by atomic mass is 9.92. The number of nitrogens with one attached hydrogen (secondary N) is 1. The molecule has 0 unspecified atom stereocenters. The average molecular weight is 261 g/mol. The van der Waals surface area contributed by atoms with Gasteiger partial charge in [0.2, 0.25) is 0 Å². The van der Waals surface area contributed by atoms with Crippen LogP contribution >= 0.6 is 0 Å². The van der Waals surface area contributed by atoms with Crippen LogP contribution in [0.5, 0.6) is 0 Å². The average Bonchev–Trinajstić information content (AvgIpc) is 2.23. The van der Waals surface area contributed by atoms with Crippen molar-refractivity contribution in [1.82, 2.24) is 15.2 Å². The summed E-state index contributed by atoms with van der Waals surface area (Å²) >= 11 is 0. The van der Waals surface area contributed by atoms with Crippen molar-refractivity contribution in [2.45, 2.75) is 64.7 Å². The van der Waals surface area contributed by atoms with Crippen molar-refractivity contribution < 1.29 is 0 Å². The second-order valence-corrected chi connectivity index (χ2v) is 6.72. The monoisotopic (exact) mass is 261 g/mol. The first-order valence-electron chi connectivity index (χ1n) is 7.34. The van der Waals surface area contributed by atoms with E-state index in [4.69, 9.17) is 4.98 Å². The van der Waals surface area contributed by atoms with Crippen LogP contribution in [0.1, 0.15) is 51.4 Å². The van der Waals surface area contributed by atoms with Crippen molar-refractivity contribution in [3.8, 4) is 0 Å². The van der Waals surface area contributed by atoms with Gasteiger partial charge in [-0.05, 0) is 52.8 Å². The standard InChI is InChI=1S/C16H27N3/c1-16(2,3)17-11-13-7-5-8-14(18-13)12-19(4)15-9-6-10-15/h5,7-8,15,17H,6,9-12H2,1-4H3. The summed E-state index contributed by atoms with van der Waals surface area (Å²) in [5.41, 5.74) is 2.46. The van der Waals surface area contributed by atoms with Crippen LogP contribution in [0.25, 0.3) is 0 Å². The van der Waals surface area contributed by atoms with Gasteiger partial charge in [0, 0.05) is 24.7 Å². The van der Waals surface area contributed by atoms with Crippen LogP contribution in [-0.4, -0.2) is 28.5 Å². The molecule has 106 valence electrons. The van der Waals surface area contributed by atoms with Crippen molar-refractivity contribution in [2.75, 3.05) is 7.05 Å². The molecule has 0 amide bonds. The Morgan fingerprint density at radius 1 is 1.26 bits per heavy atom. The number of hydrogen-bond acceptors (Lipinski definition) is 3. The quantitative estimate of drug-likeness (QED) is 0.883. The highest BCUT2D eigenvalue weighted by Crippen LogP contribution is 2.24. The molecular formula is C16H27N3. The van der Waals surface area contributed by atoms with Gasteiger partial charge in [-0.1, -0.05) is 12.5 Å². The molecule has 1 aliphatic carbocycles.